The molecule has 7 rings (SSSR count). The van der Waals surface area contributed by atoms with Crippen LogP contribution in [0, 0.1) is 11.6 Å². The zero-order valence-electron chi connectivity index (χ0n) is 29.3. The van der Waals surface area contributed by atoms with Gasteiger partial charge in [-0.25, -0.2) is 32.9 Å². The Kier molecular flexibility index (Phi) is 10.8. The summed E-state index contributed by atoms with van der Waals surface area (Å²) in [6.07, 6.45) is 8.52. The van der Waals surface area contributed by atoms with Gasteiger partial charge in [0.1, 0.15) is 23.5 Å². The molecule has 1 aliphatic heterocycles. The van der Waals surface area contributed by atoms with E-state index in [0.717, 1.165) is 65.3 Å². The van der Waals surface area contributed by atoms with Gasteiger partial charge in [-0.05, 0) is 60.2 Å². The summed E-state index contributed by atoms with van der Waals surface area (Å²) >= 11 is 0. The number of rotatable bonds is 12. The Morgan fingerprint density at radius 2 is 1.62 bits per heavy atom. The molecule has 1 atom stereocenters. The number of nitrogens with zero attached hydrogens (tertiary/aromatic N) is 4. The summed E-state index contributed by atoms with van der Waals surface area (Å²) in [4.78, 5) is 66.3. The number of carbonyl (C=O) groups excluding carboxylic acids is 1. The summed E-state index contributed by atoms with van der Waals surface area (Å²) in [6, 6.07) is 15.2. The maximum atomic E-state index is 15.1. The van der Waals surface area contributed by atoms with Crippen LogP contribution in [0.3, 0.4) is 0 Å². The molecule has 6 aromatic rings. The lowest BCUT2D eigenvalue weighted by Gasteiger charge is -2.20. The normalized spacial score (nSPS) is 13.7. The van der Waals surface area contributed by atoms with Gasteiger partial charge in [-0.3, -0.25) is 14.6 Å². The third-order valence-corrected chi connectivity index (χ3v) is 9.51. The quantitative estimate of drug-likeness (QED) is 0.136. The van der Waals surface area contributed by atoms with Crippen LogP contribution in [0.2, 0.25) is 0 Å². The minimum absolute atomic E-state index is 0.150. The number of carbonyl (C=O) groups is 2. The number of benzene rings is 3. The average Bonchev–Trinajstić information content (AvgIpc) is 3.20. The number of aromatic nitrogens is 5. The number of H-pyrrole nitrogens is 1. The standard InChI is InChI=1S/C40H35F2N7O6/c41-31-19-33(44-14-9-23-1-5-25(6-2-23)27-20-45-36(46-21-27)26-11-15-55-16-12-26)32(42)18-30(31)37(50)47-34(39(52)53)17-24-3-7-28(8-4-24)49-38(51)29-10-13-43-22-35(29)48-40(49)54/h1-8,10,13,18-22,26,34,44H,9,11-12,14-17H2,(H,47,50)(H,48,54)(H,52,53)/t34-/m0/s1. The lowest BCUT2D eigenvalue weighted by atomic mass is 9.99. The number of carboxylic acids is 1. The van der Waals surface area contributed by atoms with Crippen LogP contribution >= 0.6 is 0 Å². The summed E-state index contributed by atoms with van der Waals surface area (Å²) in [7, 11) is 0. The molecule has 280 valence electrons. The van der Waals surface area contributed by atoms with Gasteiger partial charge in [0.25, 0.3) is 11.5 Å². The number of pyridine rings is 1. The smallest absolute Gasteiger partial charge is 0.333 e. The van der Waals surface area contributed by atoms with Gasteiger partial charge in [-0.1, -0.05) is 36.4 Å². The molecule has 0 radical (unpaired) electrons. The third kappa shape index (κ3) is 8.31. The zero-order chi connectivity index (χ0) is 38.5. The van der Waals surface area contributed by atoms with E-state index >= 15 is 8.78 Å². The van der Waals surface area contributed by atoms with Crippen LogP contribution in [-0.2, 0) is 22.4 Å². The zero-order valence-corrected chi connectivity index (χ0v) is 29.3. The van der Waals surface area contributed by atoms with Crippen LogP contribution in [0.4, 0.5) is 14.5 Å². The molecule has 13 nitrogen and oxygen atoms in total. The number of aromatic amines is 1. The van der Waals surface area contributed by atoms with E-state index in [1.54, 1.807) is 0 Å². The minimum Gasteiger partial charge on any atom is -0.480 e. The fourth-order valence-corrected chi connectivity index (χ4v) is 6.47. The second-order valence-electron chi connectivity index (χ2n) is 13.1. The Bertz CT molecular complexity index is 2470. The fraction of sp³-hybridized carbons (Fsp3) is 0.225. The highest BCUT2D eigenvalue weighted by Gasteiger charge is 2.24. The first-order chi connectivity index (χ1) is 26.6. The van der Waals surface area contributed by atoms with Crippen LogP contribution in [-0.4, -0.2) is 67.3 Å². The van der Waals surface area contributed by atoms with Crippen LogP contribution in [0.15, 0.2) is 101 Å². The van der Waals surface area contributed by atoms with E-state index in [9.17, 15) is 24.3 Å². The summed E-state index contributed by atoms with van der Waals surface area (Å²) in [5, 5.41) is 15.2. The molecule has 1 fully saturated rings. The highest BCUT2D eigenvalue weighted by atomic mass is 19.1. The Labute approximate surface area is 312 Å². The predicted molar refractivity (Wildman–Crippen MR) is 199 cm³/mol. The van der Waals surface area contributed by atoms with Gasteiger partial charge in [0.05, 0.1) is 34.0 Å². The van der Waals surface area contributed by atoms with Gasteiger partial charge in [0.2, 0.25) is 0 Å². The first-order valence-corrected chi connectivity index (χ1v) is 17.6. The molecule has 1 saturated heterocycles. The molecule has 0 saturated carbocycles. The molecule has 0 bridgehead atoms. The van der Waals surface area contributed by atoms with Crippen molar-refractivity contribution in [1.29, 1.82) is 0 Å². The van der Waals surface area contributed by atoms with Crippen molar-refractivity contribution >= 4 is 28.5 Å². The van der Waals surface area contributed by atoms with Crippen LogP contribution in [0.1, 0.15) is 46.1 Å². The molecule has 3 aromatic heterocycles. The lowest BCUT2D eigenvalue weighted by Crippen LogP contribution is -2.42. The molecule has 15 heteroatoms. The van der Waals surface area contributed by atoms with Crippen molar-refractivity contribution in [2.24, 2.45) is 0 Å². The van der Waals surface area contributed by atoms with E-state index in [1.807, 2.05) is 36.7 Å². The summed E-state index contributed by atoms with van der Waals surface area (Å²) in [5.74, 6) is -3.30. The molecule has 0 aliphatic carbocycles. The molecule has 3 aromatic carbocycles. The summed E-state index contributed by atoms with van der Waals surface area (Å²) < 4.78 is 36.5. The van der Waals surface area contributed by atoms with Crippen molar-refractivity contribution < 1.29 is 28.2 Å². The van der Waals surface area contributed by atoms with E-state index in [4.69, 9.17) is 4.74 Å². The molecule has 0 spiro atoms. The Balaban J connectivity index is 0.944. The Morgan fingerprint density at radius 3 is 2.33 bits per heavy atom. The SMILES string of the molecule is O=C(N[C@@H](Cc1ccc(-n2c(=O)[nH]c3cnccc3c2=O)cc1)C(=O)O)c1cc(F)c(NCCc2ccc(-c3cnc(C4CCOCC4)nc3)cc2)cc1F. The Morgan fingerprint density at radius 1 is 0.909 bits per heavy atom. The lowest BCUT2D eigenvalue weighted by molar-refractivity contribution is -0.139. The minimum atomic E-state index is -1.51. The number of anilines is 1. The number of ether oxygens (including phenoxy) is 1. The first-order valence-electron chi connectivity index (χ1n) is 17.6. The molecular formula is C40H35F2N7O6. The number of halogens is 2. The van der Waals surface area contributed by atoms with Crippen molar-refractivity contribution in [3.8, 4) is 16.8 Å². The topological polar surface area (TPSA) is 181 Å². The van der Waals surface area contributed by atoms with Crippen molar-refractivity contribution in [3.05, 3.63) is 147 Å². The number of hydrogen-bond acceptors (Lipinski definition) is 9. The van der Waals surface area contributed by atoms with Gasteiger partial charge < -0.3 is 25.5 Å². The fourth-order valence-electron chi connectivity index (χ4n) is 6.47. The van der Waals surface area contributed by atoms with Crippen molar-refractivity contribution in [3.63, 3.8) is 0 Å². The highest BCUT2D eigenvalue weighted by molar-refractivity contribution is 5.97. The van der Waals surface area contributed by atoms with E-state index < -0.39 is 46.4 Å². The number of amides is 1. The number of fused-ring (bicyclic) bond motifs is 1. The molecule has 1 amide bonds. The van der Waals surface area contributed by atoms with Gasteiger partial charge in [-0.15, -0.1) is 0 Å². The monoisotopic (exact) mass is 747 g/mol. The van der Waals surface area contributed by atoms with Crippen LogP contribution in [0.5, 0.6) is 0 Å². The van der Waals surface area contributed by atoms with Crippen molar-refractivity contribution in [2.45, 2.75) is 37.6 Å². The van der Waals surface area contributed by atoms with Crippen LogP contribution < -0.4 is 21.9 Å². The van der Waals surface area contributed by atoms with Gasteiger partial charge in [-0.2, -0.15) is 0 Å². The number of nitrogens with one attached hydrogen (secondary N) is 3. The second kappa shape index (κ2) is 16.2. The summed E-state index contributed by atoms with van der Waals surface area (Å²) in [5.41, 5.74) is 1.68. The molecule has 1 aliphatic rings. The third-order valence-electron chi connectivity index (χ3n) is 9.51. The van der Waals surface area contributed by atoms with E-state index in [1.165, 1.54) is 42.7 Å². The van der Waals surface area contributed by atoms with Crippen molar-refractivity contribution in [2.75, 3.05) is 25.1 Å². The molecule has 55 heavy (non-hydrogen) atoms. The van der Waals surface area contributed by atoms with Crippen LogP contribution in [0.25, 0.3) is 27.7 Å². The summed E-state index contributed by atoms with van der Waals surface area (Å²) in [6.45, 7) is 1.71. The maximum Gasteiger partial charge on any atom is 0.333 e. The largest absolute Gasteiger partial charge is 0.480 e. The van der Waals surface area contributed by atoms with Gasteiger partial charge in [0, 0.05) is 62.3 Å². The first kappa shape index (κ1) is 36.7. The maximum absolute atomic E-state index is 15.1. The van der Waals surface area contributed by atoms with Crippen molar-refractivity contribution in [1.82, 2.24) is 29.8 Å². The highest BCUT2D eigenvalue weighted by Crippen LogP contribution is 2.26. The molecule has 4 heterocycles. The van der Waals surface area contributed by atoms with Gasteiger partial charge in [0.15, 0.2) is 0 Å². The average molecular weight is 748 g/mol. The number of hydrogen-bond donors (Lipinski definition) is 4. The number of aliphatic carboxylic acids is 1. The molecular weight excluding hydrogens is 712 g/mol. The van der Waals surface area contributed by atoms with E-state index in [0.29, 0.717) is 17.9 Å². The predicted octanol–water partition coefficient (Wildman–Crippen LogP) is 4.78. The van der Waals surface area contributed by atoms with E-state index in [2.05, 4.69) is 30.6 Å². The van der Waals surface area contributed by atoms with E-state index in [-0.39, 0.29) is 35.2 Å². The Hall–Kier alpha value is -6.61. The molecule has 4 N–H and O–H groups in total. The second-order valence-corrected chi connectivity index (χ2v) is 13.1. The molecule has 0 unspecified atom stereocenters. The number of carboxylic acid groups (broad SMARTS) is 1. The van der Waals surface area contributed by atoms with Gasteiger partial charge >= 0.3 is 11.7 Å².